The van der Waals surface area contributed by atoms with Crippen LogP contribution in [0.2, 0.25) is 5.02 Å². The fraction of sp³-hybridized carbons (Fsp3) is 0.343. The average molecular weight is 588 g/mol. The number of carboxylic acids is 1. The molecule has 0 aliphatic heterocycles. The van der Waals surface area contributed by atoms with Crippen LogP contribution < -0.4 is 5.73 Å². The number of carboxylic acid groups (broad SMARTS) is 1. The molecule has 4 aromatic rings. The van der Waals surface area contributed by atoms with E-state index in [0.717, 1.165) is 42.7 Å². The van der Waals surface area contributed by atoms with Gasteiger partial charge in [-0.2, -0.15) is 0 Å². The molecule has 4 nitrogen and oxygen atoms in total. The summed E-state index contributed by atoms with van der Waals surface area (Å²) in [6.45, 7) is 2.77. The third kappa shape index (κ3) is 5.49. The molecular formula is C35H38ClNO3S. The van der Waals surface area contributed by atoms with E-state index >= 15 is 0 Å². The second kappa shape index (κ2) is 12.5. The van der Waals surface area contributed by atoms with E-state index in [1.54, 1.807) is 0 Å². The molecule has 214 valence electrons. The summed E-state index contributed by atoms with van der Waals surface area (Å²) in [6.07, 6.45) is 5.30. The Kier molecular flexibility index (Phi) is 9.00. The molecule has 0 bridgehead atoms. The lowest BCUT2D eigenvalue weighted by molar-refractivity contribution is 0.0686. The maximum Gasteiger partial charge on any atom is 0.346 e. The lowest BCUT2D eigenvalue weighted by Gasteiger charge is -2.51. The van der Waals surface area contributed by atoms with E-state index in [2.05, 4.69) is 55.5 Å². The first-order valence-electron chi connectivity index (χ1n) is 14.4. The van der Waals surface area contributed by atoms with Crippen LogP contribution in [0, 0.1) is 5.41 Å². The van der Waals surface area contributed by atoms with Crippen LogP contribution >= 0.6 is 22.9 Å². The topological polar surface area (TPSA) is 83.5 Å². The van der Waals surface area contributed by atoms with Crippen LogP contribution in [0.5, 0.6) is 0 Å². The fourth-order valence-electron chi connectivity index (χ4n) is 7.28. The first-order chi connectivity index (χ1) is 19.8. The van der Waals surface area contributed by atoms with Crippen molar-refractivity contribution in [3.63, 3.8) is 0 Å². The highest BCUT2D eigenvalue weighted by Crippen LogP contribution is 2.58. The highest BCUT2D eigenvalue weighted by Gasteiger charge is 2.52. The molecule has 3 aromatic carbocycles. The number of aryl methyl sites for hydroxylation is 1. The van der Waals surface area contributed by atoms with Crippen LogP contribution in [-0.4, -0.2) is 29.3 Å². The van der Waals surface area contributed by atoms with Crippen LogP contribution in [0.4, 0.5) is 0 Å². The summed E-state index contributed by atoms with van der Waals surface area (Å²) in [4.78, 5) is 13.1. The molecule has 0 fully saturated rings. The minimum Gasteiger partial charge on any atom is -0.477 e. The Morgan fingerprint density at radius 3 is 2.49 bits per heavy atom. The Hall–Kier alpha value is -2.96. The summed E-state index contributed by atoms with van der Waals surface area (Å²) >= 11 is 7.56. The van der Waals surface area contributed by atoms with Crippen molar-refractivity contribution in [1.29, 1.82) is 0 Å². The summed E-state index contributed by atoms with van der Waals surface area (Å²) in [5.74, 6) is -0.909. The van der Waals surface area contributed by atoms with E-state index in [-0.39, 0.29) is 6.61 Å². The van der Waals surface area contributed by atoms with Gasteiger partial charge in [0.1, 0.15) is 4.88 Å². The zero-order valence-electron chi connectivity index (χ0n) is 23.5. The second-order valence-electron chi connectivity index (χ2n) is 11.4. The lowest BCUT2D eigenvalue weighted by atomic mass is 9.52. The number of carbonyl (C=O) groups is 1. The van der Waals surface area contributed by atoms with Crippen molar-refractivity contribution in [2.75, 3.05) is 13.2 Å². The standard InChI is InChI=1S/C35H38ClNO3S/c1-34(18-20-38,16-6-9-24-8-4-11-26(36)22-24)35(17-7-19-37,31-15-21-41-32(31)33(39)40)30-14-5-13-28-27-12-3-2-10-25(27)23-29(28)30/h2-5,8,10-15,21-22,38H,6-7,9,16-20,23,37H2,1H3,(H,39,40). The monoisotopic (exact) mass is 587 g/mol. The van der Waals surface area contributed by atoms with Gasteiger partial charge < -0.3 is 15.9 Å². The van der Waals surface area contributed by atoms with Gasteiger partial charge in [-0.15, -0.1) is 11.3 Å². The van der Waals surface area contributed by atoms with Crippen LogP contribution in [0.15, 0.2) is 78.2 Å². The average Bonchev–Trinajstić information content (AvgIpc) is 3.60. The Morgan fingerprint density at radius 2 is 1.73 bits per heavy atom. The van der Waals surface area contributed by atoms with Crippen molar-refractivity contribution in [3.8, 4) is 11.1 Å². The summed E-state index contributed by atoms with van der Waals surface area (Å²) in [6, 6.07) is 25.0. The van der Waals surface area contributed by atoms with Crippen LogP contribution in [-0.2, 0) is 18.3 Å². The number of thiophene rings is 1. The third-order valence-electron chi connectivity index (χ3n) is 9.16. The number of aliphatic hydroxyl groups excluding tert-OH is 1. The largest absolute Gasteiger partial charge is 0.477 e. The quantitative estimate of drug-likeness (QED) is 0.130. The van der Waals surface area contributed by atoms with Gasteiger partial charge in [0.05, 0.1) is 0 Å². The van der Waals surface area contributed by atoms with Gasteiger partial charge in [0.15, 0.2) is 0 Å². The molecule has 1 aliphatic rings. The number of nitrogens with two attached hydrogens (primary N) is 1. The number of halogens is 1. The SMILES string of the molecule is CC(CCO)(CCCc1cccc(Cl)c1)C(CCCN)(c1ccsc1C(=O)O)c1cccc2c1Cc1ccccc1-2. The molecule has 6 heteroatoms. The lowest BCUT2D eigenvalue weighted by Crippen LogP contribution is -2.47. The molecule has 0 saturated carbocycles. The van der Waals surface area contributed by atoms with E-state index in [4.69, 9.17) is 17.3 Å². The van der Waals surface area contributed by atoms with E-state index in [0.29, 0.717) is 24.3 Å². The van der Waals surface area contributed by atoms with Gasteiger partial charge in [0.25, 0.3) is 0 Å². The van der Waals surface area contributed by atoms with Crippen molar-refractivity contribution in [2.24, 2.45) is 11.1 Å². The Morgan fingerprint density at radius 1 is 0.951 bits per heavy atom. The van der Waals surface area contributed by atoms with Crippen molar-refractivity contribution in [1.82, 2.24) is 0 Å². The highest BCUT2D eigenvalue weighted by atomic mass is 35.5. The summed E-state index contributed by atoms with van der Waals surface area (Å²) in [5, 5.41) is 23.6. The van der Waals surface area contributed by atoms with Gasteiger partial charge >= 0.3 is 5.97 Å². The Bertz CT molecular complexity index is 1530. The molecule has 4 N–H and O–H groups in total. The number of benzene rings is 3. The predicted molar refractivity (Wildman–Crippen MR) is 169 cm³/mol. The van der Waals surface area contributed by atoms with Gasteiger partial charge in [0, 0.05) is 17.0 Å². The molecule has 0 radical (unpaired) electrons. The fourth-order valence-corrected chi connectivity index (χ4v) is 8.30. The molecule has 0 spiro atoms. The highest BCUT2D eigenvalue weighted by molar-refractivity contribution is 7.12. The second-order valence-corrected chi connectivity index (χ2v) is 12.8. The molecule has 1 aliphatic carbocycles. The number of hydrogen-bond donors (Lipinski definition) is 3. The van der Waals surface area contributed by atoms with Gasteiger partial charge in [-0.3, -0.25) is 0 Å². The molecule has 1 aromatic heterocycles. The molecular weight excluding hydrogens is 550 g/mol. The van der Waals surface area contributed by atoms with E-state index in [1.165, 1.54) is 44.7 Å². The minimum absolute atomic E-state index is 0.0137. The number of aliphatic hydroxyl groups is 1. The smallest absolute Gasteiger partial charge is 0.346 e. The van der Waals surface area contributed by atoms with Gasteiger partial charge in [-0.25, -0.2) is 4.79 Å². The molecule has 1 heterocycles. The number of hydrogen-bond acceptors (Lipinski definition) is 4. The van der Waals surface area contributed by atoms with E-state index in [1.807, 2.05) is 29.6 Å². The summed E-state index contributed by atoms with van der Waals surface area (Å²) in [5.41, 5.74) is 13.2. The van der Waals surface area contributed by atoms with Crippen LogP contribution in [0.25, 0.3) is 11.1 Å². The third-order valence-corrected chi connectivity index (χ3v) is 10.3. The Balaban J connectivity index is 1.71. The van der Waals surface area contributed by atoms with E-state index < -0.39 is 16.8 Å². The number of rotatable bonds is 13. The van der Waals surface area contributed by atoms with Crippen molar-refractivity contribution in [2.45, 2.75) is 57.3 Å². The Labute approximate surface area is 251 Å². The molecule has 0 amide bonds. The summed E-state index contributed by atoms with van der Waals surface area (Å²) in [7, 11) is 0. The van der Waals surface area contributed by atoms with E-state index in [9.17, 15) is 15.0 Å². The molecule has 41 heavy (non-hydrogen) atoms. The predicted octanol–water partition coefficient (Wildman–Crippen LogP) is 8.11. The maximum absolute atomic E-state index is 12.7. The van der Waals surface area contributed by atoms with Crippen molar-refractivity contribution in [3.05, 3.63) is 116 Å². The first-order valence-corrected chi connectivity index (χ1v) is 15.7. The van der Waals surface area contributed by atoms with Gasteiger partial charge in [0.2, 0.25) is 0 Å². The number of aromatic carboxylic acids is 1. The van der Waals surface area contributed by atoms with Crippen LogP contribution in [0.1, 0.15) is 76.5 Å². The van der Waals surface area contributed by atoms with Crippen molar-refractivity contribution < 1.29 is 15.0 Å². The molecule has 5 rings (SSSR count). The number of fused-ring (bicyclic) bond motifs is 3. The van der Waals surface area contributed by atoms with Crippen molar-refractivity contribution >= 4 is 28.9 Å². The first kappa shape index (κ1) is 29.5. The van der Waals surface area contributed by atoms with Gasteiger partial charge in [-0.1, -0.05) is 73.1 Å². The van der Waals surface area contributed by atoms with Crippen LogP contribution in [0.3, 0.4) is 0 Å². The maximum atomic E-state index is 12.7. The zero-order valence-corrected chi connectivity index (χ0v) is 25.1. The molecule has 2 atom stereocenters. The van der Waals surface area contributed by atoms with Gasteiger partial charge in [-0.05, 0) is 119 Å². The molecule has 2 unspecified atom stereocenters. The molecule has 0 saturated heterocycles. The zero-order chi connectivity index (χ0) is 29.0. The summed E-state index contributed by atoms with van der Waals surface area (Å²) < 4.78 is 0. The minimum atomic E-state index is -0.909. The normalized spacial score (nSPS) is 15.1.